The molecular weight excluding hydrogens is 182 g/mol. The maximum Gasteiger partial charge on any atom is 0.0285 e. The standard InChI is InChI=1S/C14H23N/c1-7-12(5)13(6)8-11(4)9-14(15)10(2)3/h7-8,14H,1-2,9,15H2,3-6H3/b11-8+,13-12-. The first-order valence-corrected chi connectivity index (χ1v) is 5.26. The highest BCUT2D eigenvalue weighted by molar-refractivity contribution is 5.31. The summed E-state index contributed by atoms with van der Waals surface area (Å²) >= 11 is 0. The van der Waals surface area contributed by atoms with Crippen molar-refractivity contribution in [1.29, 1.82) is 0 Å². The van der Waals surface area contributed by atoms with Crippen LogP contribution in [0.3, 0.4) is 0 Å². The first-order valence-electron chi connectivity index (χ1n) is 5.26. The zero-order chi connectivity index (χ0) is 12.0. The summed E-state index contributed by atoms with van der Waals surface area (Å²) in [6.07, 6.45) is 4.91. The van der Waals surface area contributed by atoms with Crippen molar-refractivity contribution in [3.05, 3.63) is 47.6 Å². The molecule has 0 aromatic carbocycles. The van der Waals surface area contributed by atoms with E-state index < -0.39 is 0 Å². The molecule has 0 rings (SSSR count). The van der Waals surface area contributed by atoms with Gasteiger partial charge < -0.3 is 5.73 Å². The highest BCUT2D eigenvalue weighted by Crippen LogP contribution is 2.13. The predicted molar refractivity (Wildman–Crippen MR) is 69.7 cm³/mol. The van der Waals surface area contributed by atoms with Crippen LogP contribution in [0.1, 0.15) is 34.1 Å². The van der Waals surface area contributed by atoms with E-state index in [0.717, 1.165) is 12.0 Å². The van der Waals surface area contributed by atoms with Gasteiger partial charge in [-0.3, -0.25) is 0 Å². The third kappa shape index (κ3) is 5.38. The highest BCUT2D eigenvalue weighted by atomic mass is 14.6. The fraction of sp³-hybridized carbons (Fsp3) is 0.429. The molecule has 1 atom stereocenters. The van der Waals surface area contributed by atoms with Gasteiger partial charge in [-0.1, -0.05) is 36.5 Å². The molecule has 1 heteroatoms. The summed E-state index contributed by atoms with van der Waals surface area (Å²) in [5.74, 6) is 0. The smallest absolute Gasteiger partial charge is 0.0285 e. The second kappa shape index (κ2) is 6.41. The van der Waals surface area contributed by atoms with Crippen LogP contribution < -0.4 is 5.73 Å². The first kappa shape index (κ1) is 13.9. The maximum atomic E-state index is 5.93. The van der Waals surface area contributed by atoms with Crippen LogP contribution >= 0.6 is 0 Å². The molecule has 15 heavy (non-hydrogen) atoms. The minimum Gasteiger partial charge on any atom is -0.324 e. The Balaban J connectivity index is 4.58. The third-order valence-corrected chi connectivity index (χ3v) is 2.57. The third-order valence-electron chi connectivity index (χ3n) is 2.57. The molecule has 0 saturated carbocycles. The Morgan fingerprint density at radius 1 is 1.20 bits per heavy atom. The lowest BCUT2D eigenvalue weighted by molar-refractivity contribution is 0.758. The molecule has 0 amide bonds. The van der Waals surface area contributed by atoms with Crippen molar-refractivity contribution in [2.24, 2.45) is 5.73 Å². The van der Waals surface area contributed by atoms with E-state index >= 15 is 0 Å². The second-order valence-corrected chi connectivity index (χ2v) is 4.22. The average Bonchev–Trinajstić information content (AvgIpc) is 2.15. The average molecular weight is 205 g/mol. The summed E-state index contributed by atoms with van der Waals surface area (Å²) in [5, 5.41) is 0. The lowest BCUT2D eigenvalue weighted by Crippen LogP contribution is -2.20. The first-order chi connectivity index (χ1) is 6.88. The van der Waals surface area contributed by atoms with E-state index in [1.54, 1.807) is 0 Å². The summed E-state index contributed by atoms with van der Waals surface area (Å²) in [6, 6.07) is 0.0677. The van der Waals surface area contributed by atoms with Crippen LogP contribution in [0.2, 0.25) is 0 Å². The van der Waals surface area contributed by atoms with Crippen molar-refractivity contribution in [3.8, 4) is 0 Å². The largest absolute Gasteiger partial charge is 0.324 e. The quantitative estimate of drug-likeness (QED) is 0.537. The van der Waals surface area contributed by atoms with Gasteiger partial charge in [-0.15, -0.1) is 0 Å². The molecule has 0 bridgehead atoms. The lowest BCUT2D eigenvalue weighted by Gasteiger charge is -2.11. The Hall–Kier alpha value is -1.08. The van der Waals surface area contributed by atoms with Gasteiger partial charge >= 0.3 is 0 Å². The Morgan fingerprint density at radius 3 is 2.13 bits per heavy atom. The van der Waals surface area contributed by atoms with E-state index in [4.69, 9.17) is 5.73 Å². The van der Waals surface area contributed by atoms with E-state index in [1.807, 2.05) is 13.0 Å². The summed E-state index contributed by atoms with van der Waals surface area (Å²) < 4.78 is 0. The van der Waals surface area contributed by atoms with Gasteiger partial charge in [-0.05, 0) is 45.3 Å². The molecule has 1 nitrogen and oxygen atoms in total. The summed E-state index contributed by atoms with van der Waals surface area (Å²) in [4.78, 5) is 0. The molecule has 0 aliphatic rings. The molecule has 84 valence electrons. The van der Waals surface area contributed by atoms with Crippen LogP contribution in [0.15, 0.2) is 47.6 Å². The molecular formula is C14H23N. The monoisotopic (exact) mass is 205 g/mol. The summed E-state index contributed by atoms with van der Waals surface area (Å²) in [5.41, 5.74) is 10.7. The van der Waals surface area contributed by atoms with Crippen molar-refractivity contribution in [1.82, 2.24) is 0 Å². The molecule has 0 aromatic rings. The van der Waals surface area contributed by atoms with Gasteiger partial charge in [0.1, 0.15) is 0 Å². The van der Waals surface area contributed by atoms with E-state index in [1.165, 1.54) is 16.7 Å². The van der Waals surface area contributed by atoms with Gasteiger partial charge in [0.05, 0.1) is 0 Å². The number of nitrogens with two attached hydrogens (primary N) is 1. The fourth-order valence-electron chi connectivity index (χ4n) is 1.22. The van der Waals surface area contributed by atoms with Gasteiger partial charge in [0, 0.05) is 6.04 Å². The normalized spacial score (nSPS) is 15.7. The van der Waals surface area contributed by atoms with E-state index in [2.05, 4.69) is 40.0 Å². The Kier molecular flexibility index (Phi) is 5.95. The molecule has 2 N–H and O–H groups in total. The van der Waals surface area contributed by atoms with Crippen LogP contribution in [-0.2, 0) is 0 Å². The highest BCUT2D eigenvalue weighted by Gasteiger charge is 2.03. The number of hydrogen-bond donors (Lipinski definition) is 1. The van der Waals surface area contributed by atoms with Gasteiger partial charge in [0.2, 0.25) is 0 Å². The Morgan fingerprint density at radius 2 is 1.73 bits per heavy atom. The lowest BCUT2D eigenvalue weighted by atomic mass is 10.00. The van der Waals surface area contributed by atoms with Crippen molar-refractivity contribution in [3.63, 3.8) is 0 Å². The zero-order valence-electron chi connectivity index (χ0n) is 10.4. The van der Waals surface area contributed by atoms with E-state index in [0.29, 0.717) is 0 Å². The Labute approximate surface area is 94.1 Å². The molecule has 1 unspecified atom stereocenters. The fourth-order valence-corrected chi connectivity index (χ4v) is 1.22. The van der Waals surface area contributed by atoms with Gasteiger partial charge in [0.25, 0.3) is 0 Å². The van der Waals surface area contributed by atoms with Crippen molar-refractivity contribution < 1.29 is 0 Å². The molecule has 0 heterocycles. The minimum atomic E-state index is 0.0677. The van der Waals surface area contributed by atoms with Crippen molar-refractivity contribution in [2.45, 2.75) is 40.2 Å². The van der Waals surface area contributed by atoms with Crippen molar-refractivity contribution in [2.75, 3.05) is 0 Å². The molecule has 0 saturated heterocycles. The Bertz CT molecular complexity index is 305. The maximum absolute atomic E-state index is 5.93. The van der Waals surface area contributed by atoms with E-state index in [9.17, 15) is 0 Å². The van der Waals surface area contributed by atoms with E-state index in [-0.39, 0.29) is 6.04 Å². The van der Waals surface area contributed by atoms with Crippen LogP contribution in [0.4, 0.5) is 0 Å². The number of hydrogen-bond acceptors (Lipinski definition) is 1. The predicted octanol–water partition coefficient (Wildman–Crippen LogP) is 3.75. The molecule has 0 fully saturated rings. The molecule has 0 radical (unpaired) electrons. The van der Waals surface area contributed by atoms with Crippen molar-refractivity contribution >= 4 is 0 Å². The number of allylic oxidation sites excluding steroid dienone is 4. The van der Waals surface area contributed by atoms with Crippen LogP contribution in [0.25, 0.3) is 0 Å². The van der Waals surface area contributed by atoms with Crippen LogP contribution in [0, 0.1) is 0 Å². The molecule has 0 aromatic heterocycles. The van der Waals surface area contributed by atoms with Crippen LogP contribution in [0.5, 0.6) is 0 Å². The summed E-state index contributed by atoms with van der Waals surface area (Å²) in [6.45, 7) is 15.8. The molecule has 0 aliphatic carbocycles. The zero-order valence-corrected chi connectivity index (χ0v) is 10.4. The minimum absolute atomic E-state index is 0.0677. The second-order valence-electron chi connectivity index (χ2n) is 4.22. The number of rotatable bonds is 5. The summed E-state index contributed by atoms with van der Waals surface area (Å²) in [7, 11) is 0. The molecule has 0 aliphatic heterocycles. The van der Waals surface area contributed by atoms with Gasteiger partial charge in [0.15, 0.2) is 0 Å². The van der Waals surface area contributed by atoms with Gasteiger partial charge in [-0.25, -0.2) is 0 Å². The topological polar surface area (TPSA) is 26.0 Å². The SMILES string of the molecule is C=C/C(C)=C(C)\C=C(/C)CC(N)C(=C)C. The van der Waals surface area contributed by atoms with Gasteiger partial charge in [-0.2, -0.15) is 0 Å². The molecule has 0 spiro atoms. The van der Waals surface area contributed by atoms with Crippen LogP contribution in [-0.4, -0.2) is 6.04 Å².